The van der Waals surface area contributed by atoms with Gasteiger partial charge in [0.15, 0.2) is 0 Å². The second-order valence-electron chi connectivity index (χ2n) is 6.53. The van der Waals surface area contributed by atoms with Crippen molar-refractivity contribution < 1.29 is 9.90 Å². The molecule has 2 aliphatic rings. The van der Waals surface area contributed by atoms with Crippen LogP contribution in [0.3, 0.4) is 0 Å². The average Bonchev–Trinajstić information content (AvgIpc) is 2.61. The maximum atomic E-state index is 11.8. The molecule has 1 unspecified atom stereocenters. The molecule has 1 atom stereocenters. The summed E-state index contributed by atoms with van der Waals surface area (Å²) in [6.07, 6.45) is 3.54. The summed E-state index contributed by atoms with van der Waals surface area (Å²) in [6.45, 7) is 2.01. The fraction of sp³-hybridized carbons (Fsp3) is 0.368. The smallest absolute Gasteiger partial charge is 0.225 e. The highest BCUT2D eigenvalue weighted by atomic mass is 35.5. The summed E-state index contributed by atoms with van der Waals surface area (Å²) in [7, 11) is 0. The van der Waals surface area contributed by atoms with Gasteiger partial charge in [0.25, 0.3) is 0 Å². The van der Waals surface area contributed by atoms with E-state index < -0.39 is 0 Å². The van der Waals surface area contributed by atoms with E-state index in [1.165, 1.54) is 5.56 Å². The average molecular weight is 360 g/mol. The third-order valence-corrected chi connectivity index (χ3v) is 4.94. The molecule has 3 heterocycles. The largest absolute Gasteiger partial charge is 0.507 e. The van der Waals surface area contributed by atoms with Crippen LogP contribution in [0.5, 0.6) is 5.75 Å². The second kappa shape index (κ2) is 7.42. The van der Waals surface area contributed by atoms with Crippen molar-refractivity contribution in [3.8, 4) is 17.0 Å². The molecule has 1 saturated heterocycles. The number of pyridine rings is 1. The molecule has 6 heteroatoms. The van der Waals surface area contributed by atoms with Gasteiger partial charge in [0, 0.05) is 18.5 Å². The predicted octanol–water partition coefficient (Wildman–Crippen LogP) is 3.23. The summed E-state index contributed by atoms with van der Waals surface area (Å²) in [5.74, 6) is 1.31. The van der Waals surface area contributed by atoms with Gasteiger partial charge in [-0.15, -0.1) is 12.4 Å². The molecule has 3 N–H and O–H groups in total. The van der Waals surface area contributed by atoms with Crippen molar-refractivity contribution in [1.82, 2.24) is 10.3 Å². The number of nitrogens with zero attached hydrogens (tertiary/aromatic N) is 1. The zero-order chi connectivity index (χ0) is 16.5. The van der Waals surface area contributed by atoms with Crippen molar-refractivity contribution in [3.05, 3.63) is 41.5 Å². The second-order valence-corrected chi connectivity index (χ2v) is 6.53. The number of aromatic hydroxyl groups is 1. The quantitative estimate of drug-likeness (QED) is 0.769. The van der Waals surface area contributed by atoms with E-state index in [2.05, 4.69) is 21.7 Å². The SMILES string of the molecule is Cl.O=C1CCc2c(C3CCCNC3)cc(-c3ccccc3O)nc2N1. The maximum absolute atomic E-state index is 11.8. The molecule has 2 aromatic rings. The molecule has 1 amide bonds. The van der Waals surface area contributed by atoms with E-state index in [9.17, 15) is 9.90 Å². The normalized spacial score (nSPS) is 19.5. The van der Waals surface area contributed by atoms with Gasteiger partial charge in [-0.3, -0.25) is 4.79 Å². The van der Waals surface area contributed by atoms with Gasteiger partial charge >= 0.3 is 0 Å². The molecule has 0 spiro atoms. The van der Waals surface area contributed by atoms with Crippen LogP contribution in [0, 0.1) is 0 Å². The highest BCUT2D eigenvalue weighted by Crippen LogP contribution is 2.37. The molecular weight excluding hydrogens is 338 g/mol. The van der Waals surface area contributed by atoms with E-state index in [1.807, 2.05) is 12.1 Å². The number of hydrogen-bond acceptors (Lipinski definition) is 4. The number of benzene rings is 1. The Morgan fingerprint density at radius 2 is 2.04 bits per heavy atom. The van der Waals surface area contributed by atoms with Crippen molar-refractivity contribution in [3.63, 3.8) is 0 Å². The lowest BCUT2D eigenvalue weighted by Gasteiger charge is -2.28. The van der Waals surface area contributed by atoms with E-state index in [0.717, 1.165) is 43.6 Å². The number of carbonyl (C=O) groups is 1. The molecule has 0 bridgehead atoms. The molecule has 1 aromatic heterocycles. The molecule has 0 radical (unpaired) electrons. The first-order valence-corrected chi connectivity index (χ1v) is 8.55. The Morgan fingerprint density at radius 1 is 1.20 bits per heavy atom. The van der Waals surface area contributed by atoms with Crippen molar-refractivity contribution >= 4 is 24.1 Å². The number of para-hydroxylation sites is 1. The Hall–Kier alpha value is -2.11. The minimum absolute atomic E-state index is 0. The van der Waals surface area contributed by atoms with Gasteiger partial charge < -0.3 is 15.7 Å². The fourth-order valence-electron chi connectivity index (χ4n) is 3.70. The van der Waals surface area contributed by atoms with Crippen LogP contribution >= 0.6 is 12.4 Å². The monoisotopic (exact) mass is 359 g/mol. The number of aromatic nitrogens is 1. The summed E-state index contributed by atoms with van der Waals surface area (Å²) in [5.41, 5.74) is 3.83. The zero-order valence-electron chi connectivity index (χ0n) is 13.9. The summed E-state index contributed by atoms with van der Waals surface area (Å²) in [5, 5.41) is 16.6. The van der Waals surface area contributed by atoms with E-state index in [-0.39, 0.29) is 24.1 Å². The van der Waals surface area contributed by atoms with Gasteiger partial charge in [-0.1, -0.05) is 12.1 Å². The number of rotatable bonds is 2. The molecule has 132 valence electrons. The lowest BCUT2D eigenvalue weighted by atomic mass is 9.85. The minimum atomic E-state index is 0. The number of fused-ring (bicyclic) bond motifs is 1. The number of nitrogens with one attached hydrogen (secondary N) is 2. The molecule has 0 aliphatic carbocycles. The highest BCUT2D eigenvalue weighted by Gasteiger charge is 2.26. The Morgan fingerprint density at radius 3 is 2.80 bits per heavy atom. The molecule has 5 nitrogen and oxygen atoms in total. The summed E-state index contributed by atoms with van der Waals surface area (Å²) >= 11 is 0. The number of halogens is 1. The predicted molar refractivity (Wildman–Crippen MR) is 100 cm³/mol. The Bertz CT molecular complexity index is 788. The van der Waals surface area contributed by atoms with Gasteiger partial charge in [-0.25, -0.2) is 4.98 Å². The molecule has 25 heavy (non-hydrogen) atoms. The van der Waals surface area contributed by atoms with Crippen LogP contribution in [-0.4, -0.2) is 29.1 Å². The number of hydrogen-bond donors (Lipinski definition) is 3. The standard InChI is InChI=1S/C19H21N3O2.ClH/c23-17-6-2-1-5-14(17)16-10-15(12-4-3-9-20-11-12)13-7-8-18(24)22-19(13)21-16;/h1-2,5-6,10,12,20,23H,3-4,7-9,11H2,(H,21,22,24);1H. The first-order chi connectivity index (χ1) is 11.7. The van der Waals surface area contributed by atoms with Gasteiger partial charge in [0.2, 0.25) is 5.91 Å². The number of amides is 1. The topological polar surface area (TPSA) is 74.2 Å². The number of carbonyl (C=O) groups excluding carboxylic acids is 1. The van der Waals surface area contributed by atoms with Crippen LogP contribution in [0.15, 0.2) is 30.3 Å². The number of phenolic OH excluding ortho intramolecular Hbond substituents is 1. The van der Waals surface area contributed by atoms with Gasteiger partial charge in [0.05, 0.1) is 5.69 Å². The van der Waals surface area contributed by atoms with E-state index in [4.69, 9.17) is 0 Å². The summed E-state index contributed by atoms with van der Waals surface area (Å²) in [6, 6.07) is 9.30. The number of piperidine rings is 1. The van der Waals surface area contributed by atoms with Crippen molar-refractivity contribution in [2.24, 2.45) is 0 Å². The first kappa shape index (κ1) is 17.7. The minimum Gasteiger partial charge on any atom is -0.507 e. The lowest BCUT2D eigenvalue weighted by molar-refractivity contribution is -0.116. The summed E-state index contributed by atoms with van der Waals surface area (Å²) < 4.78 is 0. The van der Waals surface area contributed by atoms with Gasteiger partial charge in [-0.2, -0.15) is 0 Å². The zero-order valence-corrected chi connectivity index (χ0v) is 14.7. The third-order valence-electron chi connectivity index (χ3n) is 4.94. The van der Waals surface area contributed by atoms with Crippen LogP contribution in [-0.2, 0) is 11.2 Å². The lowest BCUT2D eigenvalue weighted by Crippen LogP contribution is -2.30. The highest BCUT2D eigenvalue weighted by molar-refractivity contribution is 5.93. The Balaban J connectivity index is 0.00000182. The van der Waals surface area contributed by atoms with Crippen molar-refractivity contribution in [2.75, 3.05) is 18.4 Å². The molecular formula is C19H22ClN3O2. The number of phenols is 1. The maximum Gasteiger partial charge on any atom is 0.225 e. The molecule has 0 saturated carbocycles. The van der Waals surface area contributed by atoms with Crippen LogP contribution in [0.2, 0.25) is 0 Å². The Labute approximate surface area is 153 Å². The van der Waals surface area contributed by atoms with E-state index in [1.54, 1.807) is 12.1 Å². The fourth-order valence-corrected chi connectivity index (χ4v) is 3.70. The van der Waals surface area contributed by atoms with Crippen LogP contribution in [0.1, 0.15) is 36.3 Å². The van der Waals surface area contributed by atoms with Crippen LogP contribution < -0.4 is 10.6 Å². The van der Waals surface area contributed by atoms with Crippen LogP contribution in [0.25, 0.3) is 11.3 Å². The molecule has 1 fully saturated rings. The number of anilines is 1. The van der Waals surface area contributed by atoms with E-state index in [0.29, 0.717) is 23.7 Å². The van der Waals surface area contributed by atoms with Crippen LogP contribution in [0.4, 0.5) is 5.82 Å². The molecule has 4 rings (SSSR count). The molecule has 1 aromatic carbocycles. The first-order valence-electron chi connectivity index (χ1n) is 8.55. The van der Waals surface area contributed by atoms with Crippen molar-refractivity contribution in [1.29, 1.82) is 0 Å². The van der Waals surface area contributed by atoms with Gasteiger partial charge in [0.1, 0.15) is 11.6 Å². The van der Waals surface area contributed by atoms with Gasteiger partial charge in [-0.05, 0) is 61.1 Å². The summed E-state index contributed by atoms with van der Waals surface area (Å²) in [4.78, 5) is 16.5. The molecule has 2 aliphatic heterocycles. The van der Waals surface area contributed by atoms with E-state index >= 15 is 0 Å². The Kier molecular flexibility index (Phi) is 5.25. The van der Waals surface area contributed by atoms with Crippen molar-refractivity contribution in [2.45, 2.75) is 31.6 Å². The third kappa shape index (κ3) is 3.48.